The van der Waals surface area contributed by atoms with Crippen LogP contribution < -0.4 is 5.32 Å². The minimum absolute atomic E-state index is 0.332. The third kappa shape index (κ3) is 4.73. The van der Waals surface area contributed by atoms with Crippen molar-refractivity contribution in [3.8, 4) is 0 Å². The molecule has 2 nitrogen and oxygen atoms in total. The van der Waals surface area contributed by atoms with Crippen molar-refractivity contribution in [2.75, 3.05) is 26.8 Å². The average molecular weight is 173 g/mol. The van der Waals surface area contributed by atoms with Crippen LogP contribution in [-0.2, 0) is 4.74 Å². The molecule has 0 spiro atoms. The zero-order valence-corrected chi connectivity index (χ0v) is 9.11. The molecule has 12 heavy (non-hydrogen) atoms. The van der Waals surface area contributed by atoms with Crippen molar-refractivity contribution < 1.29 is 4.74 Å². The molecule has 0 saturated heterocycles. The highest BCUT2D eigenvalue weighted by atomic mass is 16.5. The predicted octanol–water partition coefficient (Wildman–Crippen LogP) is 1.90. The van der Waals surface area contributed by atoms with E-state index in [1.54, 1.807) is 0 Å². The predicted molar refractivity (Wildman–Crippen MR) is 53.4 cm³/mol. The molecule has 0 aliphatic rings. The van der Waals surface area contributed by atoms with E-state index < -0.39 is 0 Å². The summed E-state index contributed by atoms with van der Waals surface area (Å²) >= 11 is 0. The first-order chi connectivity index (χ1) is 5.52. The molecule has 0 radical (unpaired) electrons. The monoisotopic (exact) mass is 173 g/mol. The van der Waals surface area contributed by atoms with Gasteiger partial charge in [-0.25, -0.2) is 0 Å². The van der Waals surface area contributed by atoms with E-state index in [2.05, 4.69) is 26.1 Å². The Morgan fingerprint density at radius 1 is 1.33 bits per heavy atom. The fourth-order valence-electron chi connectivity index (χ4n) is 1.12. The summed E-state index contributed by atoms with van der Waals surface area (Å²) in [5.41, 5.74) is 0.332. The van der Waals surface area contributed by atoms with E-state index in [1.807, 2.05) is 14.0 Å². The maximum atomic E-state index is 5.43. The fourth-order valence-corrected chi connectivity index (χ4v) is 1.12. The molecule has 1 N–H and O–H groups in total. The van der Waals surface area contributed by atoms with Gasteiger partial charge in [0.25, 0.3) is 0 Å². The van der Waals surface area contributed by atoms with Crippen LogP contribution in [0.3, 0.4) is 0 Å². The smallest absolute Gasteiger partial charge is 0.0511 e. The van der Waals surface area contributed by atoms with Gasteiger partial charge in [-0.15, -0.1) is 0 Å². The van der Waals surface area contributed by atoms with E-state index in [4.69, 9.17) is 4.74 Å². The highest BCUT2D eigenvalue weighted by Gasteiger charge is 2.23. The zero-order valence-electron chi connectivity index (χ0n) is 9.11. The van der Waals surface area contributed by atoms with E-state index in [1.165, 1.54) is 0 Å². The van der Waals surface area contributed by atoms with Gasteiger partial charge in [0.05, 0.1) is 6.61 Å². The lowest BCUT2D eigenvalue weighted by molar-refractivity contribution is 0.0635. The quantitative estimate of drug-likeness (QED) is 0.685. The Morgan fingerprint density at radius 2 is 1.92 bits per heavy atom. The molecule has 0 heterocycles. The van der Waals surface area contributed by atoms with Crippen LogP contribution in [0.1, 0.15) is 27.7 Å². The van der Waals surface area contributed by atoms with Gasteiger partial charge in [-0.2, -0.15) is 0 Å². The molecule has 74 valence electrons. The van der Waals surface area contributed by atoms with Crippen molar-refractivity contribution in [3.05, 3.63) is 0 Å². The highest BCUT2D eigenvalue weighted by Crippen LogP contribution is 2.25. The highest BCUT2D eigenvalue weighted by molar-refractivity contribution is 4.74. The van der Waals surface area contributed by atoms with E-state index in [-0.39, 0.29) is 0 Å². The maximum absolute atomic E-state index is 5.43. The summed E-state index contributed by atoms with van der Waals surface area (Å²) in [5, 5.41) is 3.20. The van der Waals surface area contributed by atoms with E-state index in [0.29, 0.717) is 11.3 Å². The lowest BCUT2D eigenvalue weighted by Gasteiger charge is -2.30. The Balaban J connectivity index is 3.86. The van der Waals surface area contributed by atoms with Crippen LogP contribution in [0, 0.1) is 11.3 Å². The molecule has 0 aromatic heterocycles. The van der Waals surface area contributed by atoms with Gasteiger partial charge < -0.3 is 10.1 Å². The van der Waals surface area contributed by atoms with Crippen LogP contribution in [0.15, 0.2) is 0 Å². The number of nitrogens with one attached hydrogen (secondary N) is 1. The fraction of sp³-hybridized carbons (Fsp3) is 1.00. The van der Waals surface area contributed by atoms with Gasteiger partial charge in [0.1, 0.15) is 0 Å². The molecule has 0 saturated carbocycles. The minimum atomic E-state index is 0.332. The Morgan fingerprint density at radius 3 is 2.25 bits per heavy atom. The van der Waals surface area contributed by atoms with Gasteiger partial charge >= 0.3 is 0 Å². The first-order valence-corrected chi connectivity index (χ1v) is 4.74. The summed E-state index contributed by atoms with van der Waals surface area (Å²) in [6.45, 7) is 11.5. The Hall–Kier alpha value is -0.0800. The summed E-state index contributed by atoms with van der Waals surface area (Å²) in [7, 11) is 1.99. The Labute approximate surface area is 76.7 Å². The molecule has 0 amide bonds. The van der Waals surface area contributed by atoms with Crippen molar-refractivity contribution >= 4 is 0 Å². The van der Waals surface area contributed by atoms with Crippen molar-refractivity contribution in [2.24, 2.45) is 11.3 Å². The van der Waals surface area contributed by atoms with Crippen molar-refractivity contribution in [3.63, 3.8) is 0 Å². The molecule has 0 aromatic carbocycles. The van der Waals surface area contributed by atoms with Crippen LogP contribution in [0.5, 0.6) is 0 Å². The second kappa shape index (κ2) is 5.55. The molecule has 0 aliphatic carbocycles. The van der Waals surface area contributed by atoms with Crippen molar-refractivity contribution in [2.45, 2.75) is 27.7 Å². The summed E-state index contributed by atoms with van der Waals surface area (Å²) in [4.78, 5) is 0. The summed E-state index contributed by atoms with van der Waals surface area (Å²) in [5.74, 6) is 0.599. The summed E-state index contributed by atoms with van der Waals surface area (Å²) in [6.07, 6.45) is 0. The second-order valence-electron chi connectivity index (χ2n) is 4.28. The SMILES string of the molecule is CCOCC(CNC)C(C)(C)C. The molecule has 1 unspecified atom stereocenters. The first kappa shape index (κ1) is 11.9. The third-order valence-corrected chi connectivity index (χ3v) is 2.20. The van der Waals surface area contributed by atoms with E-state index >= 15 is 0 Å². The van der Waals surface area contributed by atoms with E-state index in [9.17, 15) is 0 Å². The van der Waals surface area contributed by atoms with Crippen LogP contribution in [-0.4, -0.2) is 26.8 Å². The van der Waals surface area contributed by atoms with Gasteiger partial charge in [-0.3, -0.25) is 0 Å². The number of rotatable bonds is 5. The zero-order chi connectivity index (χ0) is 9.61. The number of hydrogen-bond donors (Lipinski definition) is 1. The third-order valence-electron chi connectivity index (χ3n) is 2.20. The van der Waals surface area contributed by atoms with Gasteiger partial charge in [-0.1, -0.05) is 20.8 Å². The molecule has 0 aliphatic heterocycles. The lowest BCUT2D eigenvalue weighted by atomic mass is 9.81. The first-order valence-electron chi connectivity index (χ1n) is 4.74. The van der Waals surface area contributed by atoms with Gasteiger partial charge in [0.15, 0.2) is 0 Å². The van der Waals surface area contributed by atoms with Crippen molar-refractivity contribution in [1.29, 1.82) is 0 Å². The minimum Gasteiger partial charge on any atom is -0.381 e. The topological polar surface area (TPSA) is 21.3 Å². The molecule has 0 bridgehead atoms. The van der Waals surface area contributed by atoms with Crippen LogP contribution >= 0.6 is 0 Å². The number of ether oxygens (including phenoxy) is 1. The van der Waals surface area contributed by atoms with Gasteiger partial charge in [0.2, 0.25) is 0 Å². The van der Waals surface area contributed by atoms with Gasteiger partial charge in [0, 0.05) is 13.2 Å². The van der Waals surface area contributed by atoms with Crippen LogP contribution in [0.2, 0.25) is 0 Å². The van der Waals surface area contributed by atoms with Crippen LogP contribution in [0.4, 0.5) is 0 Å². The van der Waals surface area contributed by atoms with Crippen molar-refractivity contribution in [1.82, 2.24) is 5.32 Å². The molecule has 0 rings (SSSR count). The average Bonchev–Trinajstić information content (AvgIpc) is 1.95. The maximum Gasteiger partial charge on any atom is 0.0511 e. The molecule has 2 heteroatoms. The lowest BCUT2D eigenvalue weighted by Crippen LogP contribution is -2.33. The molecule has 1 atom stereocenters. The van der Waals surface area contributed by atoms with Gasteiger partial charge in [-0.05, 0) is 25.3 Å². The summed E-state index contributed by atoms with van der Waals surface area (Å²) in [6, 6.07) is 0. The Kier molecular flexibility index (Phi) is 5.51. The molecular weight excluding hydrogens is 150 g/mol. The molecule has 0 fully saturated rings. The largest absolute Gasteiger partial charge is 0.381 e. The summed E-state index contributed by atoms with van der Waals surface area (Å²) < 4.78 is 5.43. The van der Waals surface area contributed by atoms with E-state index in [0.717, 1.165) is 19.8 Å². The Bertz CT molecular complexity index is 107. The molecule has 0 aromatic rings. The van der Waals surface area contributed by atoms with Crippen LogP contribution in [0.25, 0.3) is 0 Å². The molecular formula is C10H23NO. The second-order valence-corrected chi connectivity index (χ2v) is 4.28. The normalized spacial score (nSPS) is 14.8. The number of hydrogen-bond acceptors (Lipinski definition) is 2. The standard InChI is InChI=1S/C10H23NO/c1-6-12-8-9(7-11-5)10(2,3)4/h9,11H,6-8H2,1-5H3.